The van der Waals surface area contributed by atoms with Crippen LogP contribution < -0.4 is 4.74 Å². The van der Waals surface area contributed by atoms with Crippen LogP contribution in [-0.4, -0.2) is 53.4 Å². The molecule has 0 radical (unpaired) electrons. The molecule has 32 heavy (non-hydrogen) atoms. The number of rotatable bonds is 6. The summed E-state index contributed by atoms with van der Waals surface area (Å²) in [4.78, 5) is 27.6. The molecule has 0 spiro atoms. The van der Waals surface area contributed by atoms with Crippen LogP contribution in [0.1, 0.15) is 30.3 Å². The van der Waals surface area contributed by atoms with Gasteiger partial charge in [-0.3, -0.25) is 9.59 Å². The molecular formula is C25H27N3O4. The largest absolute Gasteiger partial charge is 0.497 e. The second-order valence-electron chi connectivity index (χ2n) is 7.74. The summed E-state index contributed by atoms with van der Waals surface area (Å²) in [5.74, 6) is 0.0414. The summed E-state index contributed by atoms with van der Waals surface area (Å²) in [7, 11) is 1.62. The van der Waals surface area contributed by atoms with Gasteiger partial charge in [0.2, 0.25) is 0 Å². The average Bonchev–Trinajstić information content (AvgIpc) is 3.30. The fourth-order valence-corrected chi connectivity index (χ4v) is 4.00. The van der Waals surface area contributed by atoms with Crippen LogP contribution in [0.3, 0.4) is 0 Å². The molecule has 1 unspecified atom stereocenters. The van der Waals surface area contributed by atoms with Gasteiger partial charge in [-0.2, -0.15) is 5.10 Å². The van der Waals surface area contributed by atoms with Crippen LogP contribution in [0.15, 0.2) is 60.7 Å². The van der Waals surface area contributed by atoms with Crippen molar-refractivity contribution in [3.63, 3.8) is 0 Å². The van der Waals surface area contributed by atoms with Gasteiger partial charge in [-0.15, -0.1) is 0 Å². The van der Waals surface area contributed by atoms with Gasteiger partial charge in [0.15, 0.2) is 0 Å². The Balaban J connectivity index is 1.69. The molecule has 2 heterocycles. The number of esters is 1. The smallest absolute Gasteiger partial charge is 0.310 e. The summed E-state index contributed by atoms with van der Waals surface area (Å²) in [5.41, 5.74) is 2.79. The Labute approximate surface area is 187 Å². The van der Waals surface area contributed by atoms with Crippen molar-refractivity contribution in [3.8, 4) is 22.7 Å². The minimum absolute atomic E-state index is 0.149. The fourth-order valence-electron chi connectivity index (χ4n) is 4.00. The molecule has 7 heteroatoms. The van der Waals surface area contributed by atoms with Gasteiger partial charge in [-0.05, 0) is 50.1 Å². The lowest BCUT2D eigenvalue weighted by molar-refractivity contribution is -0.149. The number of methoxy groups -OCH3 is 1. The van der Waals surface area contributed by atoms with Crippen LogP contribution in [0.4, 0.5) is 0 Å². The molecular weight excluding hydrogens is 406 g/mol. The third kappa shape index (κ3) is 4.51. The van der Waals surface area contributed by atoms with Crippen LogP contribution >= 0.6 is 0 Å². The Kier molecular flexibility index (Phi) is 6.54. The normalized spacial score (nSPS) is 15.9. The summed E-state index contributed by atoms with van der Waals surface area (Å²) < 4.78 is 12.2. The zero-order valence-corrected chi connectivity index (χ0v) is 18.4. The Morgan fingerprint density at radius 3 is 2.66 bits per heavy atom. The lowest BCUT2D eigenvalue weighted by Gasteiger charge is -2.31. The highest BCUT2D eigenvalue weighted by Crippen LogP contribution is 2.27. The van der Waals surface area contributed by atoms with Crippen molar-refractivity contribution >= 4 is 11.9 Å². The quantitative estimate of drug-likeness (QED) is 0.550. The van der Waals surface area contributed by atoms with E-state index in [1.807, 2.05) is 54.6 Å². The Hall–Kier alpha value is -3.61. The van der Waals surface area contributed by atoms with Crippen molar-refractivity contribution in [3.05, 3.63) is 66.4 Å². The van der Waals surface area contributed by atoms with E-state index in [9.17, 15) is 9.59 Å². The van der Waals surface area contributed by atoms with E-state index in [0.717, 1.165) is 29.8 Å². The highest BCUT2D eigenvalue weighted by Gasteiger charge is 2.31. The van der Waals surface area contributed by atoms with Gasteiger partial charge in [0.1, 0.15) is 11.4 Å². The molecule has 3 aromatic rings. The van der Waals surface area contributed by atoms with Crippen molar-refractivity contribution in [2.75, 3.05) is 26.8 Å². The zero-order valence-electron chi connectivity index (χ0n) is 18.4. The molecule has 0 N–H and O–H groups in total. The van der Waals surface area contributed by atoms with Crippen molar-refractivity contribution in [1.29, 1.82) is 0 Å². The van der Waals surface area contributed by atoms with Gasteiger partial charge >= 0.3 is 5.97 Å². The Morgan fingerprint density at radius 2 is 1.91 bits per heavy atom. The maximum atomic E-state index is 13.6. The van der Waals surface area contributed by atoms with Crippen molar-refractivity contribution < 1.29 is 19.1 Å². The van der Waals surface area contributed by atoms with Crippen molar-refractivity contribution in [2.24, 2.45) is 5.92 Å². The van der Waals surface area contributed by atoms with Gasteiger partial charge in [-0.25, -0.2) is 4.68 Å². The van der Waals surface area contributed by atoms with E-state index >= 15 is 0 Å². The number of carbonyl (C=O) groups excluding carboxylic acids is 2. The number of ether oxygens (including phenoxy) is 2. The summed E-state index contributed by atoms with van der Waals surface area (Å²) in [5, 5.41) is 4.75. The molecule has 1 saturated heterocycles. The predicted molar refractivity (Wildman–Crippen MR) is 121 cm³/mol. The number of amides is 1. The molecule has 1 atom stereocenters. The predicted octanol–water partition coefficient (Wildman–Crippen LogP) is 3.96. The van der Waals surface area contributed by atoms with E-state index in [1.54, 1.807) is 29.7 Å². The number of nitrogens with zero attached hydrogens (tertiary/aromatic N) is 3. The molecule has 1 fully saturated rings. The number of piperidine rings is 1. The standard InChI is InChI=1S/C25H27N3O4/c1-3-32-25(30)19-10-8-14-27(17-19)24(29)23-16-22(18-9-7-13-21(15-18)31-2)26-28(23)20-11-5-4-6-12-20/h4-7,9,11-13,15-16,19H,3,8,10,14,17H2,1-2H3. The third-order valence-corrected chi connectivity index (χ3v) is 5.62. The van der Waals surface area contributed by atoms with Crippen molar-refractivity contribution in [1.82, 2.24) is 14.7 Å². The van der Waals surface area contributed by atoms with Gasteiger partial charge in [0.05, 0.1) is 31.0 Å². The fraction of sp³-hybridized carbons (Fsp3) is 0.320. The average molecular weight is 434 g/mol. The number of hydrogen-bond donors (Lipinski definition) is 0. The first-order chi connectivity index (χ1) is 15.6. The minimum Gasteiger partial charge on any atom is -0.497 e. The highest BCUT2D eigenvalue weighted by atomic mass is 16.5. The Morgan fingerprint density at radius 1 is 1.09 bits per heavy atom. The van der Waals surface area contributed by atoms with Gasteiger partial charge in [0, 0.05) is 18.7 Å². The molecule has 0 saturated carbocycles. The maximum absolute atomic E-state index is 13.6. The second kappa shape index (κ2) is 9.68. The molecule has 0 aliphatic carbocycles. The van der Waals surface area contributed by atoms with Crippen LogP contribution in [0, 0.1) is 5.92 Å². The van der Waals surface area contributed by atoms with E-state index in [1.165, 1.54) is 0 Å². The molecule has 2 aromatic carbocycles. The van der Waals surface area contributed by atoms with E-state index in [-0.39, 0.29) is 17.8 Å². The van der Waals surface area contributed by atoms with Crippen LogP contribution in [0.25, 0.3) is 16.9 Å². The maximum Gasteiger partial charge on any atom is 0.310 e. The lowest BCUT2D eigenvalue weighted by atomic mass is 9.98. The van der Waals surface area contributed by atoms with E-state index < -0.39 is 0 Å². The monoisotopic (exact) mass is 433 g/mol. The summed E-state index contributed by atoms with van der Waals surface area (Å²) in [6.45, 7) is 3.09. The van der Waals surface area contributed by atoms with Crippen LogP contribution in [-0.2, 0) is 9.53 Å². The Bertz CT molecular complexity index is 1090. The summed E-state index contributed by atoms with van der Waals surface area (Å²) in [6.07, 6.45) is 1.49. The number of aromatic nitrogens is 2. The molecule has 1 amide bonds. The van der Waals surface area contributed by atoms with Gasteiger partial charge < -0.3 is 14.4 Å². The SMILES string of the molecule is CCOC(=O)C1CCCN(C(=O)c2cc(-c3cccc(OC)c3)nn2-c2ccccc2)C1. The molecule has 0 bridgehead atoms. The van der Waals surface area contributed by atoms with Gasteiger partial charge in [-0.1, -0.05) is 30.3 Å². The second-order valence-corrected chi connectivity index (χ2v) is 7.74. The first kappa shape index (κ1) is 21.6. The van der Waals surface area contributed by atoms with Crippen LogP contribution in [0.5, 0.6) is 5.75 Å². The molecule has 1 aliphatic heterocycles. The topological polar surface area (TPSA) is 73.7 Å². The first-order valence-electron chi connectivity index (χ1n) is 10.9. The molecule has 1 aromatic heterocycles. The van der Waals surface area contributed by atoms with E-state index in [2.05, 4.69) is 0 Å². The number of carbonyl (C=O) groups is 2. The number of para-hydroxylation sites is 1. The van der Waals surface area contributed by atoms with Crippen LogP contribution in [0.2, 0.25) is 0 Å². The minimum atomic E-state index is -0.293. The third-order valence-electron chi connectivity index (χ3n) is 5.62. The van der Waals surface area contributed by atoms with Gasteiger partial charge in [0.25, 0.3) is 5.91 Å². The zero-order chi connectivity index (χ0) is 22.5. The lowest BCUT2D eigenvalue weighted by Crippen LogP contribution is -2.43. The molecule has 7 nitrogen and oxygen atoms in total. The molecule has 1 aliphatic rings. The highest BCUT2D eigenvalue weighted by molar-refractivity contribution is 5.95. The van der Waals surface area contributed by atoms with E-state index in [0.29, 0.717) is 31.1 Å². The molecule has 166 valence electrons. The van der Waals surface area contributed by atoms with E-state index in [4.69, 9.17) is 14.6 Å². The first-order valence-corrected chi connectivity index (χ1v) is 10.9. The molecule has 4 rings (SSSR count). The number of hydrogen-bond acceptors (Lipinski definition) is 5. The number of likely N-dealkylation sites (tertiary alicyclic amines) is 1. The summed E-state index contributed by atoms with van der Waals surface area (Å²) in [6, 6.07) is 19.0. The van der Waals surface area contributed by atoms with Crippen molar-refractivity contribution in [2.45, 2.75) is 19.8 Å². The summed E-state index contributed by atoms with van der Waals surface area (Å²) >= 11 is 0. The number of benzene rings is 2.